The zero-order valence-electron chi connectivity index (χ0n) is 13.6. The van der Waals surface area contributed by atoms with Crippen LogP contribution in [0.3, 0.4) is 0 Å². The summed E-state index contributed by atoms with van der Waals surface area (Å²) in [6.07, 6.45) is 7.88. The highest BCUT2D eigenvalue weighted by Gasteiger charge is 2.38. The van der Waals surface area contributed by atoms with Gasteiger partial charge in [-0.1, -0.05) is 25.7 Å². The molecule has 2 unspecified atom stereocenters. The Morgan fingerprint density at radius 2 is 1.86 bits per heavy atom. The highest BCUT2D eigenvalue weighted by molar-refractivity contribution is 5.78. The summed E-state index contributed by atoms with van der Waals surface area (Å²) in [5, 5.41) is 0. The molecule has 22 heavy (non-hydrogen) atoms. The molecule has 0 aromatic carbocycles. The van der Waals surface area contributed by atoms with Crippen LogP contribution in [-0.4, -0.2) is 60.0 Å². The van der Waals surface area contributed by atoms with Gasteiger partial charge in [0.15, 0.2) is 0 Å². The molecule has 124 valence electrons. The van der Waals surface area contributed by atoms with Gasteiger partial charge in [0.2, 0.25) is 5.91 Å². The van der Waals surface area contributed by atoms with Crippen LogP contribution >= 0.6 is 0 Å². The van der Waals surface area contributed by atoms with Crippen molar-refractivity contribution >= 4 is 11.9 Å². The lowest BCUT2D eigenvalue weighted by Crippen LogP contribution is -2.53. The molecule has 0 spiro atoms. The van der Waals surface area contributed by atoms with Gasteiger partial charge in [0.1, 0.15) is 12.1 Å². The number of carbonyl (C=O) groups excluding carboxylic acids is 2. The maximum Gasteiger partial charge on any atom is 0.323 e. The van der Waals surface area contributed by atoms with Crippen LogP contribution in [0.5, 0.6) is 0 Å². The van der Waals surface area contributed by atoms with Crippen molar-refractivity contribution in [2.75, 3.05) is 26.2 Å². The van der Waals surface area contributed by atoms with Gasteiger partial charge in [0, 0.05) is 39.0 Å². The van der Waals surface area contributed by atoms with Crippen LogP contribution in [0, 0.1) is 5.92 Å². The summed E-state index contributed by atoms with van der Waals surface area (Å²) < 4.78 is 5.24. The summed E-state index contributed by atoms with van der Waals surface area (Å²) in [6.45, 7) is 5.04. The first-order chi connectivity index (χ1) is 10.6. The van der Waals surface area contributed by atoms with E-state index in [1.165, 1.54) is 25.7 Å². The first-order valence-corrected chi connectivity index (χ1v) is 8.86. The number of carbonyl (C=O) groups is 2. The van der Waals surface area contributed by atoms with Crippen molar-refractivity contribution in [2.45, 2.75) is 64.0 Å². The van der Waals surface area contributed by atoms with E-state index in [0.29, 0.717) is 12.3 Å². The van der Waals surface area contributed by atoms with Gasteiger partial charge in [0.05, 0.1) is 0 Å². The van der Waals surface area contributed by atoms with E-state index in [1.54, 1.807) is 0 Å². The number of rotatable bonds is 4. The number of nitrogens with zero attached hydrogens (tertiary/aromatic N) is 2. The number of piperazine rings is 1. The first-order valence-electron chi connectivity index (χ1n) is 8.86. The summed E-state index contributed by atoms with van der Waals surface area (Å²) in [4.78, 5) is 28.3. The van der Waals surface area contributed by atoms with Crippen molar-refractivity contribution in [1.29, 1.82) is 0 Å². The van der Waals surface area contributed by atoms with Crippen LogP contribution in [0.2, 0.25) is 0 Å². The summed E-state index contributed by atoms with van der Waals surface area (Å²) in [5.41, 5.74) is 0. The van der Waals surface area contributed by atoms with Gasteiger partial charge < -0.3 is 9.64 Å². The normalized spacial score (nSPS) is 30.8. The fraction of sp³-hybridized carbons (Fsp3) is 0.882. The second-order valence-corrected chi connectivity index (χ2v) is 7.10. The van der Waals surface area contributed by atoms with Crippen molar-refractivity contribution in [3.05, 3.63) is 0 Å². The maximum absolute atomic E-state index is 12.3. The van der Waals surface area contributed by atoms with Crippen LogP contribution in [0.15, 0.2) is 0 Å². The number of amides is 1. The molecule has 2 saturated heterocycles. The smallest absolute Gasteiger partial charge is 0.323 e. The standard InChI is InChI=1S/C17H28N2O3/c1-13-12-15(17(21)22-13)18-8-10-19(11-9-18)16(20)7-6-14-4-2-3-5-14/h13-15H,2-12H2,1H3. The van der Waals surface area contributed by atoms with Crippen LogP contribution in [0.25, 0.3) is 0 Å². The fourth-order valence-electron chi connectivity index (χ4n) is 4.10. The van der Waals surface area contributed by atoms with E-state index in [9.17, 15) is 9.59 Å². The van der Waals surface area contributed by atoms with Crippen molar-refractivity contribution in [3.8, 4) is 0 Å². The lowest BCUT2D eigenvalue weighted by molar-refractivity contribution is -0.145. The van der Waals surface area contributed by atoms with Crippen LogP contribution in [-0.2, 0) is 14.3 Å². The number of hydrogen-bond donors (Lipinski definition) is 0. The van der Waals surface area contributed by atoms with E-state index in [0.717, 1.165) is 44.9 Å². The Hall–Kier alpha value is -1.10. The molecule has 3 fully saturated rings. The molecule has 3 aliphatic rings. The van der Waals surface area contributed by atoms with E-state index in [-0.39, 0.29) is 18.1 Å². The zero-order valence-corrected chi connectivity index (χ0v) is 13.6. The Morgan fingerprint density at radius 1 is 1.18 bits per heavy atom. The van der Waals surface area contributed by atoms with E-state index >= 15 is 0 Å². The van der Waals surface area contributed by atoms with Gasteiger partial charge in [-0.2, -0.15) is 0 Å². The number of ether oxygens (including phenoxy) is 1. The molecule has 0 aromatic rings. The summed E-state index contributed by atoms with van der Waals surface area (Å²) in [7, 11) is 0. The molecule has 0 bridgehead atoms. The number of hydrogen-bond acceptors (Lipinski definition) is 4. The molecule has 0 N–H and O–H groups in total. The van der Waals surface area contributed by atoms with Gasteiger partial charge in [-0.3, -0.25) is 14.5 Å². The van der Waals surface area contributed by atoms with Crippen molar-refractivity contribution in [3.63, 3.8) is 0 Å². The van der Waals surface area contributed by atoms with Gasteiger partial charge in [-0.15, -0.1) is 0 Å². The van der Waals surface area contributed by atoms with Crippen LogP contribution in [0.1, 0.15) is 51.9 Å². The van der Waals surface area contributed by atoms with Gasteiger partial charge in [-0.25, -0.2) is 0 Å². The number of esters is 1. The summed E-state index contributed by atoms with van der Waals surface area (Å²) >= 11 is 0. The molecule has 1 aliphatic carbocycles. The van der Waals surface area contributed by atoms with Gasteiger partial charge in [-0.05, 0) is 19.3 Å². The Bertz CT molecular complexity index is 412. The first kappa shape index (κ1) is 15.8. The third-order valence-corrected chi connectivity index (χ3v) is 5.49. The second kappa shape index (κ2) is 6.99. The third kappa shape index (κ3) is 3.62. The molecule has 0 radical (unpaired) electrons. The Labute approximate surface area is 133 Å². The molecule has 2 aliphatic heterocycles. The number of cyclic esters (lactones) is 1. The van der Waals surface area contributed by atoms with Gasteiger partial charge in [0.25, 0.3) is 0 Å². The molecule has 0 aromatic heterocycles. The predicted octanol–water partition coefficient (Wildman–Crippen LogP) is 1.80. The molecule has 2 atom stereocenters. The Morgan fingerprint density at radius 3 is 2.45 bits per heavy atom. The van der Waals surface area contributed by atoms with E-state index in [2.05, 4.69) is 4.90 Å². The molecule has 2 heterocycles. The minimum Gasteiger partial charge on any atom is -0.461 e. The average molecular weight is 308 g/mol. The highest BCUT2D eigenvalue weighted by Crippen LogP contribution is 2.29. The Kier molecular flexibility index (Phi) is 5.01. The fourth-order valence-corrected chi connectivity index (χ4v) is 4.10. The highest BCUT2D eigenvalue weighted by atomic mass is 16.6. The van der Waals surface area contributed by atoms with Crippen LogP contribution < -0.4 is 0 Å². The summed E-state index contributed by atoms with van der Waals surface area (Å²) in [5.74, 6) is 0.988. The third-order valence-electron chi connectivity index (χ3n) is 5.49. The molecular formula is C17H28N2O3. The predicted molar refractivity (Wildman–Crippen MR) is 83.3 cm³/mol. The Balaban J connectivity index is 1.41. The lowest BCUT2D eigenvalue weighted by Gasteiger charge is -2.36. The van der Waals surface area contributed by atoms with Crippen molar-refractivity contribution in [1.82, 2.24) is 9.80 Å². The molecule has 1 saturated carbocycles. The lowest BCUT2D eigenvalue weighted by atomic mass is 10.0. The zero-order chi connectivity index (χ0) is 15.5. The molecule has 5 nitrogen and oxygen atoms in total. The summed E-state index contributed by atoms with van der Waals surface area (Å²) in [6, 6.07) is -0.0919. The van der Waals surface area contributed by atoms with Crippen molar-refractivity contribution in [2.24, 2.45) is 5.92 Å². The van der Waals surface area contributed by atoms with Gasteiger partial charge >= 0.3 is 5.97 Å². The maximum atomic E-state index is 12.3. The minimum atomic E-state index is -0.0919. The minimum absolute atomic E-state index is 0.0311. The SMILES string of the molecule is CC1CC(N2CCN(C(=O)CCC3CCCC3)CC2)C(=O)O1. The topological polar surface area (TPSA) is 49.9 Å². The van der Waals surface area contributed by atoms with Crippen LogP contribution in [0.4, 0.5) is 0 Å². The molecule has 5 heteroatoms. The van der Waals surface area contributed by atoms with Crippen molar-refractivity contribution < 1.29 is 14.3 Å². The monoisotopic (exact) mass is 308 g/mol. The van der Waals surface area contributed by atoms with E-state index < -0.39 is 0 Å². The largest absolute Gasteiger partial charge is 0.461 e. The molecular weight excluding hydrogens is 280 g/mol. The average Bonchev–Trinajstić information content (AvgIpc) is 3.14. The van der Waals surface area contributed by atoms with E-state index in [1.807, 2.05) is 11.8 Å². The second-order valence-electron chi connectivity index (χ2n) is 7.10. The quantitative estimate of drug-likeness (QED) is 0.743. The molecule has 3 rings (SSSR count). The molecule has 1 amide bonds. The van der Waals surface area contributed by atoms with E-state index in [4.69, 9.17) is 4.74 Å².